The van der Waals surface area contributed by atoms with Gasteiger partial charge in [-0.1, -0.05) is 0 Å². The predicted molar refractivity (Wildman–Crippen MR) is 62.9 cm³/mol. The first-order chi connectivity index (χ1) is 7.16. The van der Waals surface area contributed by atoms with Crippen molar-refractivity contribution < 1.29 is 0 Å². The maximum atomic E-state index is 5.86. The van der Waals surface area contributed by atoms with Gasteiger partial charge in [-0.25, -0.2) is 4.99 Å². The van der Waals surface area contributed by atoms with Gasteiger partial charge in [0.25, 0.3) is 0 Å². The summed E-state index contributed by atoms with van der Waals surface area (Å²) in [6, 6.07) is 1.46. The lowest BCUT2D eigenvalue weighted by Crippen LogP contribution is -2.39. The largest absolute Gasteiger partial charge is 0.370 e. The van der Waals surface area contributed by atoms with E-state index in [-0.39, 0.29) is 0 Å². The van der Waals surface area contributed by atoms with Gasteiger partial charge in [-0.15, -0.1) is 0 Å². The van der Waals surface area contributed by atoms with Gasteiger partial charge in [0.05, 0.1) is 6.04 Å². The van der Waals surface area contributed by atoms with E-state index in [9.17, 15) is 0 Å². The molecule has 2 fully saturated rings. The molecular formula is C11H22N4. The second kappa shape index (κ2) is 4.39. The molecule has 2 aliphatic heterocycles. The van der Waals surface area contributed by atoms with E-state index >= 15 is 0 Å². The van der Waals surface area contributed by atoms with Crippen LogP contribution in [-0.2, 0) is 0 Å². The molecule has 0 aromatic heterocycles. The van der Waals surface area contributed by atoms with E-state index in [2.05, 4.69) is 29.1 Å². The molecular weight excluding hydrogens is 188 g/mol. The summed E-state index contributed by atoms with van der Waals surface area (Å²) in [5, 5.41) is 3.16. The Labute approximate surface area is 91.9 Å². The fourth-order valence-corrected chi connectivity index (χ4v) is 2.72. The molecule has 0 saturated carbocycles. The van der Waals surface area contributed by atoms with E-state index < -0.39 is 0 Å². The zero-order chi connectivity index (χ0) is 10.8. The first-order valence-electron chi connectivity index (χ1n) is 6.00. The zero-order valence-corrected chi connectivity index (χ0v) is 9.74. The average Bonchev–Trinajstić information content (AvgIpc) is 2.68. The normalized spacial score (nSPS) is 32.3. The molecule has 2 aliphatic rings. The SMILES string of the molecule is CC(C)NC(N)=NC1CCN2CCCC12. The number of guanidine groups is 1. The first-order valence-corrected chi connectivity index (χ1v) is 6.00. The van der Waals surface area contributed by atoms with Gasteiger partial charge >= 0.3 is 0 Å². The fourth-order valence-electron chi connectivity index (χ4n) is 2.72. The van der Waals surface area contributed by atoms with E-state index in [0.29, 0.717) is 24.1 Å². The highest BCUT2D eigenvalue weighted by Crippen LogP contribution is 2.29. The lowest BCUT2D eigenvalue weighted by Gasteiger charge is -2.18. The topological polar surface area (TPSA) is 53.6 Å². The van der Waals surface area contributed by atoms with Crippen molar-refractivity contribution >= 4 is 5.96 Å². The van der Waals surface area contributed by atoms with Crippen molar-refractivity contribution in [3.63, 3.8) is 0 Å². The van der Waals surface area contributed by atoms with Crippen LogP contribution in [0.5, 0.6) is 0 Å². The van der Waals surface area contributed by atoms with Gasteiger partial charge in [0.15, 0.2) is 5.96 Å². The average molecular weight is 210 g/mol. The summed E-state index contributed by atoms with van der Waals surface area (Å²) >= 11 is 0. The predicted octanol–water partition coefficient (Wildman–Crippen LogP) is 0.536. The number of hydrogen-bond donors (Lipinski definition) is 2. The Balaban J connectivity index is 1.93. The number of hydrogen-bond acceptors (Lipinski definition) is 2. The van der Waals surface area contributed by atoms with Gasteiger partial charge in [0.1, 0.15) is 0 Å². The maximum Gasteiger partial charge on any atom is 0.189 e. The van der Waals surface area contributed by atoms with E-state index in [4.69, 9.17) is 5.73 Å². The highest BCUT2D eigenvalue weighted by atomic mass is 15.2. The monoisotopic (exact) mass is 210 g/mol. The minimum Gasteiger partial charge on any atom is -0.370 e. The molecule has 2 rings (SSSR count). The molecule has 2 saturated heterocycles. The second-order valence-corrected chi connectivity index (χ2v) is 4.91. The van der Waals surface area contributed by atoms with Crippen LogP contribution < -0.4 is 11.1 Å². The molecule has 0 aliphatic carbocycles. The minimum absolute atomic E-state index is 0.370. The zero-order valence-electron chi connectivity index (χ0n) is 9.74. The summed E-state index contributed by atoms with van der Waals surface area (Å²) in [4.78, 5) is 7.15. The van der Waals surface area contributed by atoms with Gasteiger partial charge in [-0.2, -0.15) is 0 Å². The number of fused-ring (bicyclic) bond motifs is 1. The molecule has 2 unspecified atom stereocenters. The second-order valence-electron chi connectivity index (χ2n) is 4.91. The molecule has 0 aromatic carbocycles. The van der Waals surface area contributed by atoms with E-state index in [1.165, 1.54) is 32.4 Å². The molecule has 4 nitrogen and oxygen atoms in total. The minimum atomic E-state index is 0.370. The molecule has 86 valence electrons. The van der Waals surface area contributed by atoms with Crippen LogP contribution in [0.25, 0.3) is 0 Å². The summed E-state index contributed by atoms with van der Waals surface area (Å²) in [5.41, 5.74) is 5.86. The van der Waals surface area contributed by atoms with E-state index in [0.717, 1.165) is 0 Å². The Bertz CT molecular complexity index is 249. The van der Waals surface area contributed by atoms with Crippen molar-refractivity contribution in [2.45, 2.75) is 51.2 Å². The molecule has 4 heteroatoms. The highest BCUT2D eigenvalue weighted by Gasteiger charge is 2.37. The van der Waals surface area contributed by atoms with Gasteiger partial charge in [0.2, 0.25) is 0 Å². The Morgan fingerprint density at radius 1 is 1.40 bits per heavy atom. The Morgan fingerprint density at radius 3 is 2.93 bits per heavy atom. The number of nitrogens with two attached hydrogens (primary N) is 1. The maximum absolute atomic E-state index is 5.86. The van der Waals surface area contributed by atoms with Crippen LogP contribution in [0.15, 0.2) is 4.99 Å². The number of nitrogens with zero attached hydrogens (tertiary/aromatic N) is 2. The third-order valence-electron chi connectivity index (χ3n) is 3.31. The smallest absolute Gasteiger partial charge is 0.189 e. The lowest BCUT2D eigenvalue weighted by molar-refractivity contribution is 0.314. The van der Waals surface area contributed by atoms with Gasteiger partial charge < -0.3 is 11.1 Å². The third-order valence-corrected chi connectivity index (χ3v) is 3.31. The quantitative estimate of drug-likeness (QED) is 0.516. The van der Waals surface area contributed by atoms with Crippen LogP contribution in [0, 0.1) is 0 Å². The van der Waals surface area contributed by atoms with Crippen molar-refractivity contribution in [1.29, 1.82) is 0 Å². The molecule has 0 spiro atoms. The van der Waals surface area contributed by atoms with Crippen molar-refractivity contribution in [3.8, 4) is 0 Å². The highest BCUT2D eigenvalue weighted by molar-refractivity contribution is 5.78. The summed E-state index contributed by atoms with van der Waals surface area (Å²) in [5.74, 6) is 0.615. The Hall–Kier alpha value is -0.770. The van der Waals surface area contributed by atoms with Crippen LogP contribution in [0.4, 0.5) is 0 Å². The summed E-state index contributed by atoms with van der Waals surface area (Å²) < 4.78 is 0. The van der Waals surface area contributed by atoms with Crippen molar-refractivity contribution in [2.75, 3.05) is 13.1 Å². The van der Waals surface area contributed by atoms with E-state index in [1.54, 1.807) is 0 Å². The summed E-state index contributed by atoms with van der Waals surface area (Å²) in [6.45, 7) is 6.62. The molecule has 0 radical (unpaired) electrons. The van der Waals surface area contributed by atoms with Crippen LogP contribution in [0.2, 0.25) is 0 Å². The van der Waals surface area contributed by atoms with Crippen molar-refractivity contribution in [1.82, 2.24) is 10.2 Å². The Kier molecular flexibility index (Phi) is 3.14. The number of nitrogens with one attached hydrogen (secondary N) is 1. The summed E-state index contributed by atoms with van der Waals surface area (Å²) in [7, 11) is 0. The van der Waals surface area contributed by atoms with Gasteiger partial charge in [-0.05, 0) is 39.7 Å². The molecule has 2 atom stereocenters. The Morgan fingerprint density at radius 2 is 2.20 bits per heavy atom. The van der Waals surface area contributed by atoms with Crippen molar-refractivity contribution in [3.05, 3.63) is 0 Å². The van der Waals surface area contributed by atoms with Gasteiger partial charge in [-0.3, -0.25) is 4.90 Å². The molecule has 15 heavy (non-hydrogen) atoms. The van der Waals surface area contributed by atoms with Crippen molar-refractivity contribution in [2.24, 2.45) is 10.7 Å². The van der Waals surface area contributed by atoms with Gasteiger partial charge in [0, 0.05) is 18.6 Å². The van der Waals surface area contributed by atoms with E-state index in [1.807, 2.05) is 0 Å². The third kappa shape index (κ3) is 2.43. The fraction of sp³-hybridized carbons (Fsp3) is 0.909. The molecule has 2 heterocycles. The number of aliphatic imine (C=N–C) groups is 1. The summed E-state index contributed by atoms with van der Waals surface area (Å²) in [6.07, 6.45) is 3.79. The molecule has 0 amide bonds. The lowest BCUT2D eigenvalue weighted by atomic mass is 10.1. The van der Waals surface area contributed by atoms with Crippen LogP contribution in [-0.4, -0.2) is 42.1 Å². The molecule has 3 N–H and O–H groups in total. The van der Waals surface area contributed by atoms with Crippen LogP contribution >= 0.6 is 0 Å². The standard InChI is InChI=1S/C11H22N4/c1-8(2)13-11(12)14-9-5-7-15-6-3-4-10(9)15/h8-10H,3-7H2,1-2H3,(H3,12,13,14). The number of rotatable bonds is 2. The molecule has 0 aromatic rings. The van der Waals surface area contributed by atoms with Crippen LogP contribution in [0.1, 0.15) is 33.1 Å². The van der Waals surface area contributed by atoms with Crippen LogP contribution in [0.3, 0.4) is 0 Å². The first kappa shape index (κ1) is 10.7. The molecule has 0 bridgehead atoms.